The number of H-pyrrole nitrogens is 1. The molecule has 5 aromatic rings. The number of fused-ring (bicyclic) bond motifs is 2. The molecule has 2 N–H and O–H groups in total. The topological polar surface area (TPSA) is 88.5 Å². The molecule has 166 valence electrons. The molecule has 0 aliphatic carbocycles. The van der Waals surface area contributed by atoms with Crippen molar-refractivity contribution in [3.05, 3.63) is 87.0 Å². The number of benzene rings is 2. The fourth-order valence-electron chi connectivity index (χ4n) is 3.93. The van der Waals surface area contributed by atoms with Gasteiger partial charge in [-0.3, -0.25) is 9.36 Å². The van der Waals surface area contributed by atoms with Gasteiger partial charge in [0.15, 0.2) is 11.5 Å². The van der Waals surface area contributed by atoms with Crippen molar-refractivity contribution < 1.29 is 4.39 Å². The molecule has 3 aromatic heterocycles. The van der Waals surface area contributed by atoms with E-state index in [-0.39, 0.29) is 15.4 Å². The highest BCUT2D eigenvalue weighted by Crippen LogP contribution is 2.33. The minimum atomic E-state index is -0.606. The Bertz CT molecular complexity index is 1560. The van der Waals surface area contributed by atoms with Gasteiger partial charge in [-0.1, -0.05) is 48.3 Å². The highest BCUT2D eigenvalue weighted by Gasteiger charge is 2.23. The first-order valence-electron chi connectivity index (χ1n) is 10.2. The normalized spacial score (nSPS) is 12.4. The Balaban J connectivity index is 1.78. The number of halogens is 3. The van der Waals surface area contributed by atoms with Crippen molar-refractivity contribution in [3.8, 4) is 5.69 Å². The van der Waals surface area contributed by atoms with Crippen LogP contribution in [0, 0.1) is 5.82 Å². The third-order valence-corrected chi connectivity index (χ3v) is 6.30. The third kappa shape index (κ3) is 3.61. The Labute approximate surface area is 197 Å². The van der Waals surface area contributed by atoms with Gasteiger partial charge in [-0.2, -0.15) is 0 Å². The zero-order chi connectivity index (χ0) is 23.1. The number of imidazole rings is 1. The molecule has 0 radical (unpaired) electrons. The van der Waals surface area contributed by atoms with E-state index in [1.807, 2.05) is 6.92 Å². The van der Waals surface area contributed by atoms with E-state index in [9.17, 15) is 9.18 Å². The van der Waals surface area contributed by atoms with Crippen LogP contribution in [-0.4, -0.2) is 24.5 Å². The van der Waals surface area contributed by atoms with Crippen LogP contribution < -0.4 is 10.9 Å². The molecule has 2 aromatic carbocycles. The van der Waals surface area contributed by atoms with Crippen molar-refractivity contribution >= 4 is 51.0 Å². The summed E-state index contributed by atoms with van der Waals surface area (Å²) in [6.07, 6.45) is 3.53. The largest absolute Gasteiger partial charge is 0.360 e. The molecular formula is C23H17Cl2FN6O. The van der Waals surface area contributed by atoms with Crippen molar-refractivity contribution in [2.75, 3.05) is 5.32 Å². The van der Waals surface area contributed by atoms with Crippen LogP contribution in [0.15, 0.2) is 59.9 Å². The average Bonchev–Trinajstić information content (AvgIpc) is 3.29. The number of pyridine rings is 1. The van der Waals surface area contributed by atoms with Gasteiger partial charge in [0.05, 0.1) is 33.5 Å². The molecule has 5 rings (SSSR count). The number of aromatic nitrogens is 5. The second-order valence-electron chi connectivity index (χ2n) is 7.41. The van der Waals surface area contributed by atoms with Gasteiger partial charge >= 0.3 is 0 Å². The lowest BCUT2D eigenvalue weighted by Crippen LogP contribution is -2.27. The van der Waals surface area contributed by atoms with Gasteiger partial charge in [0.25, 0.3) is 5.56 Å². The summed E-state index contributed by atoms with van der Waals surface area (Å²) >= 11 is 12.7. The molecule has 0 aliphatic rings. The summed E-state index contributed by atoms with van der Waals surface area (Å²) in [7, 11) is 0. The van der Waals surface area contributed by atoms with E-state index < -0.39 is 17.4 Å². The number of hydrogen-bond acceptors (Lipinski definition) is 5. The fourth-order valence-corrected chi connectivity index (χ4v) is 4.31. The molecule has 0 amide bonds. The molecule has 0 fully saturated rings. The van der Waals surface area contributed by atoms with Gasteiger partial charge in [0.1, 0.15) is 17.7 Å². The Morgan fingerprint density at radius 1 is 1.15 bits per heavy atom. The molecule has 3 heterocycles. The Hall–Kier alpha value is -3.49. The molecule has 0 spiro atoms. The van der Waals surface area contributed by atoms with Crippen LogP contribution in [0.4, 0.5) is 10.2 Å². The highest BCUT2D eigenvalue weighted by molar-refractivity contribution is 6.43. The van der Waals surface area contributed by atoms with Crippen LogP contribution in [0.5, 0.6) is 0 Å². The number of hydrogen-bond donors (Lipinski definition) is 2. The predicted octanol–water partition coefficient (Wildman–Crippen LogP) is 5.67. The second kappa shape index (κ2) is 8.46. The number of nitrogens with one attached hydrogen (secondary N) is 2. The molecule has 1 atom stereocenters. The number of aromatic amines is 1. The van der Waals surface area contributed by atoms with E-state index in [4.69, 9.17) is 23.2 Å². The quantitative estimate of drug-likeness (QED) is 0.337. The zero-order valence-corrected chi connectivity index (χ0v) is 18.8. The smallest absolute Gasteiger partial charge is 0.266 e. The standard InChI is InChI=1S/C23H17Cl2FN6O/c1-2-15(31-22-20-21(28-10-27-20)29-11-30-22)17-9-12-5-3-7-14(26)18(12)23(33)32(17)16-8-4-6-13(24)19(16)25/h3-11,15H,2H2,1H3,(H2,27,28,29,30,31). The van der Waals surface area contributed by atoms with Crippen molar-refractivity contribution in [2.45, 2.75) is 19.4 Å². The second-order valence-corrected chi connectivity index (χ2v) is 8.20. The molecule has 10 heteroatoms. The Morgan fingerprint density at radius 3 is 2.79 bits per heavy atom. The third-order valence-electron chi connectivity index (χ3n) is 5.49. The van der Waals surface area contributed by atoms with Gasteiger partial charge in [0.2, 0.25) is 0 Å². The zero-order valence-electron chi connectivity index (χ0n) is 17.3. The van der Waals surface area contributed by atoms with E-state index in [1.54, 1.807) is 36.4 Å². The minimum absolute atomic E-state index is 0.0242. The van der Waals surface area contributed by atoms with Gasteiger partial charge < -0.3 is 10.3 Å². The molecule has 33 heavy (non-hydrogen) atoms. The predicted molar refractivity (Wildman–Crippen MR) is 128 cm³/mol. The van der Waals surface area contributed by atoms with E-state index in [2.05, 4.69) is 25.3 Å². The van der Waals surface area contributed by atoms with Gasteiger partial charge in [0, 0.05) is 5.69 Å². The SMILES string of the molecule is CCC(Nc1ncnc2[nH]cnc12)c1cc2cccc(F)c2c(=O)n1-c1cccc(Cl)c1Cl. The molecule has 0 saturated heterocycles. The van der Waals surface area contributed by atoms with E-state index >= 15 is 0 Å². The monoisotopic (exact) mass is 482 g/mol. The van der Waals surface area contributed by atoms with Crippen LogP contribution in [0.3, 0.4) is 0 Å². The summed E-state index contributed by atoms with van der Waals surface area (Å²) in [5, 5.41) is 4.31. The van der Waals surface area contributed by atoms with Crippen molar-refractivity contribution in [2.24, 2.45) is 0 Å². The maximum atomic E-state index is 14.7. The summed E-state index contributed by atoms with van der Waals surface area (Å²) in [6, 6.07) is 10.9. The number of nitrogens with zero attached hydrogens (tertiary/aromatic N) is 4. The van der Waals surface area contributed by atoms with Gasteiger partial charge in [-0.05, 0) is 36.1 Å². The lowest BCUT2D eigenvalue weighted by Gasteiger charge is -2.24. The molecule has 7 nitrogen and oxygen atoms in total. The summed E-state index contributed by atoms with van der Waals surface area (Å²) in [5.74, 6) is -0.102. The number of rotatable bonds is 5. The molecule has 1 unspecified atom stereocenters. The number of anilines is 1. The van der Waals surface area contributed by atoms with Crippen molar-refractivity contribution in [1.29, 1.82) is 0 Å². The summed E-state index contributed by atoms with van der Waals surface area (Å²) in [4.78, 5) is 29.4. The maximum Gasteiger partial charge on any atom is 0.266 e. The summed E-state index contributed by atoms with van der Waals surface area (Å²) < 4.78 is 16.1. The first-order chi connectivity index (χ1) is 16.0. The molecule has 0 saturated carbocycles. The molecular weight excluding hydrogens is 466 g/mol. The summed E-state index contributed by atoms with van der Waals surface area (Å²) in [6.45, 7) is 1.96. The first-order valence-corrected chi connectivity index (χ1v) is 10.9. The molecule has 0 aliphatic heterocycles. The molecule has 0 bridgehead atoms. The van der Waals surface area contributed by atoms with E-state index in [0.717, 1.165) is 0 Å². The fraction of sp³-hybridized carbons (Fsp3) is 0.130. The average molecular weight is 483 g/mol. The van der Waals surface area contributed by atoms with Gasteiger partial charge in [-0.15, -0.1) is 0 Å². The van der Waals surface area contributed by atoms with Crippen LogP contribution >= 0.6 is 23.2 Å². The minimum Gasteiger partial charge on any atom is -0.360 e. The Kier molecular flexibility index (Phi) is 5.47. The van der Waals surface area contributed by atoms with Crippen LogP contribution in [0.1, 0.15) is 25.1 Å². The van der Waals surface area contributed by atoms with E-state index in [0.29, 0.717) is 40.2 Å². The first kappa shape index (κ1) is 21.4. The van der Waals surface area contributed by atoms with Crippen LogP contribution in [0.25, 0.3) is 27.6 Å². The van der Waals surface area contributed by atoms with Crippen molar-refractivity contribution in [1.82, 2.24) is 24.5 Å². The van der Waals surface area contributed by atoms with Crippen molar-refractivity contribution in [3.63, 3.8) is 0 Å². The Morgan fingerprint density at radius 2 is 1.97 bits per heavy atom. The van der Waals surface area contributed by atoms with E-state index in [1.165, 1.54) is 23.3 Å². The maximum absolute atomic E-state index is 14.7. The lowest BCUT2D eigenvalue weighted by molar-refractivity contribution is 0.635. The summed E-state index contributed by atoms with van der Waals surface area (Å²) in [5.41, 5.74) is 1.56. The van der Waals surface area contributed by atoms with Crippen LogP contribution in [-0.2, 0) is 0 Å². The van der Waals surface area contributed by atoms with Crippen LogP contribution in [0.2, 0.25) is 10.0 Å². The lowest BCUT2D eigenvalue weighted by atomic mass is 10.0. The highest BCUT2D eigenvalue weighted by atomic mass is 35.5. The van der Waals surface area contributed by atoms with Gasteiger partial charge in [-0.25, -0.2) is 19.3 Å².